The molecule has 0 unspecified atom stereocenters. The van der Waals surface area contributed by atoms with Crippen molar-refractivity contribution in [3.05, 3.63) is 29.8 Å². The molecule has 0 radical (unpaired) electrons. The largest absolute Gasteiger partial charge is 0.491 e. The summed E-state index contributed by atoms with van der Waals surface area (Å²) in [5.41, 5.74) is 0.0710. The Labute approximate surface area is 135 Å². The van der Waals surface area contributed by atoms with Gasteiger partial charge in [-0.1, -0.05) is 12.1 Å². The van der Waals surface area contributed by atoms with Gasteiger partial charge < -0.3 is 15.2 Å². The molecule has 0 aliphatic carbocycles. The average Bonchev–Trinajstić information content (AvgIpc) is 2.46. The summed E-state index contributed by atoms with van der Waals surface area (Å²) in [6.45, 7) is 0. The van der Waals surface area contributed by atoms with Crippen molar-refractivity contribution in [3.8, 4) is 5.75 Å². The van der Waals surface area contributed by atoms with Gasteiger partial charge in [-0.15, -0.1) is 0 Å². The summed E-state index contributed by atoms with van der Waals surface area (Å²) >= 11 is 0. The Balaban J connectivity index is 2.79. The molecule has 1 aromatic rings. The molecule has 0 heterocycles. The summed E-state index contributed by atoms with van der Waals surface area (Å²) in [7, 11) is 0. The Morgan fingerprint density at radius 3 is 1.92 bits per heavy atom. The van der Waals surface area contributed by atoms with E-state index in [4.69, 9.17) is 5.11 Å². The minimum absolute atomic E-state index is 0.0710. The number of rotatable bonds is 5. The van der Waals surface area contributed by atoms with Crippen LogP contribution in [0.15, 0.2) is 24.3 Å². The topological polar surface area (TPSA) is 92.7 Å². The van der Waals surface area contributed by atoms with Gasteiger partial charge in [-0.25, -0.2) is 9.59 Å². The van der Waals surface area contributed by atoms with Crippen LogP contribution >= 0.6 is 0 Å². The molecule has 1 aromatic carbocycles. The number of alkyl halides is 6. The number of carbonyl (C=O) groups excluding carboxylic acids is 2. The van der Waals surface area contributed by atoms with Gasteiger partial charge in [-0.3, -0.25) is 4.79 Å². The number of benzene rings is 1. The van der Waals surface area contributed by atoms with Crippen LogP contribution in [0.4, 0.5) is 26.3 Å². The maximum absolute atomic E-state index is 12.1. The van der Waals surface area contributed by atoms with Crippen LogP contribution in [0.1, 0.15) is 5.56 Å². The smallest absolute Gasteiger partial charge is 0.480 e. The van der Waals surface area contributed by atoms with E-state index in [9.17, 15) is 40.7 Å². The number of nitrogens with one attached hydrogen (secondary N) is 1. The van der Waals surface area contributed by atoms with Gasteiger partial charge in [0.2, 0.25) is 0 Å². The number of amides is 1. The van der Waals surface area contributed by atoms with Crippen molar-refractivity contribution in [1.82, 2.24) is 5.32 Å². The molecule has 12 heteroatoms. The van der Waals surface area contributed by atoms with E-state index in [0.717, 1.165) is 24.3 Å². The van der Waals surface area contributed by atoms with Gasteiger partial charge in [0.15, 0.2) is 0 Å². The van der Waals surface area contributed by atoms with Gasteiger partial charge in [0, 0.05) is 6.42 Å². The second-order valence-electron chi connectivity index (χ2n) is 4.60. The van der Waals surface area contributed by atoms with Gasteiger partial charge in [-0.05, 0) is 17.7 Å². The number of aliphatic carboxylic acids is 1. The van der Waals surface area contributed by atoms with Gasteiger partial charge in [0.25, 0.3) is 0 Å². The maximum atomic E-state index is 12.1. The maximum Gasteiger partial charge on any atom is 0.491 e. The van der Waals surface area contributed by atoms with Crippen molar-refractivity contribution < 1.29 is 50.6 Å². The Hall–Kier alpha value is -2.79. The molecule has 1 rings (SSSR count). The van der Waals surface area contributed by atoms with Gasteiger partial charge in [0.1, 0.15) is 11.8 Å². The monoisotopic (exact) mass is 373 g/mol. The van der Waals surface area contributed by atoms with Crippen LogP contribution in [0.2, 0.25) is 0 Å². The van der Waals surface area contributed by atoms with Gasteiger partial charge in [0.05, 0.1) is 0 Å². The SMILES string of the molecule is O=C(O)[C@H](Cc1ccc(OC(=O)C(F)(F)F)cc1)NC(=O)C(F)(F)F. The highest BCUT2D eigenvalue weighted by molar-refractivity contribution is 5.87. The molecule has 6 nitrogen and oxygen atoms in total. The summed E-state index contributed by atoms with van der Waals surface area (Å²) in [5.74, 6) is -7.17. The molecule has 1 atom stereocenters. The molecular formula is C13H9F6NO5. The Bertz CT molecular complexity index is 652. The lowest BCUT2D eigenvalue weighted by Crippen LogP contribution is -2.47. The zero-order valence-electron chi connectivity index (χ0n) is 11.9. The summed E-state index contributed by atoms with van der Waals surface area (Å²) in [6, 6.07) is 1.94. The quantitative estimate of drug-likeness (QED) is 0.467. The summed E-state index contributed by atoms with van der Waals surface area (Å²) < 4.78 is 76.5. The van der Waals surface area contributed by atoms with E-state index in [1.54, 1.807) is 0 Å². The van der Waals surface area contributed by atoms with E-state index in [1.165, 1.54) is 5.32 Å². The van der Waals surface area contributed by atoms with Crippen LogP contribution in [0.25, 0.3) is 0 Å². The van der Waals surface area contributed by atoms with Crippen LogP contribution < -0.4 is 10.1 Å². The first-order valence-electron chi connectivity index (χ1n) is 6.29. The molecule has 1 amide bonds. The second kappa shape index (κ2) is 7.40. The number of carbonyl (C=O) groups is 3. The predicted molar refractivity (Wildman–Crippen MR) is 67.5 cm³/mol. The number of carboxylic acid groups (broad SMARTS) is 1. The summed E-state index contributed by atoms with van der Waals surface area (Å²) in [6.07, 6.45) is -11.1. The minimum Gasteiger partial charge on any atom is -0.480 e. The molecule has 0 fully saturated rings. The molecule has 2 N–H and O–H groups in total. The minimum atomic E-state index is -5.27. The van der Waals surface area contributed by atoms with E-state index in [1.807, 2.05) is 0 Å². The molecule has 0 spiro atoms. The van der Waals surface area contributed by atoms with E-state index in [2.05, 4.69) is 4.74 Å². The fourth-order valence-electron chi connectivity index (χ4n) is 1.53. The number of halogens is 6. The molecule has 25 heavy (non-hydrogen) atoms. The fraction of sp³-hybridized carbons (Fsp3) is 0.308. The number of carboxylic acids is 1. The Morgan fingerprint density at radius 2 is 1.52 bits per heavy atom. The third-order valence-corrected chi connectivity index (χ3v) is 2.67. The van der Waals surface area contributed by atoms with Crippen LogP contribution in [-0.2, 0) is 20.8 Å². The zero-order valence-corrected chi connectivity index (χ0v) is 11.9. The van der Waals surface area contributed by atoms with Crippen molar-refractivity contribution in [2.24, 2.45) is 0 Å². The van der Waals surface area contributed by atoms with Crippen molar-refractivity contribution in [1.29, 1.82) is 0 Å². The molecule has 0 saturated heterocycles. The van der Waals surface area contributed by atoms with Crippen LogP contribution in [0.3, 0.4) is 0 Å². The zero-order chi connectivity index (χ0) is 19.4. The second-order valence-corrected chi connectivity index (χ2v) is 4.60. The third-order valence-electron chi connectivity index (χ3n) is 2.67. The lowest BCUT2D eigenvalue weighted by molar-refractivity contribution is -0.189. The lowest BCUT2D eigenvalue weighted by Gasteiger charge is -2.16. The molecular weight excluding hydrogens is 364 g/mol. The Kier molecular flexibility index (Phi) is 6.00. The van der Waals surface area contributed by atoms with E-state index in [0.29, 0.717) is 0 Å². The lowest BCUT2D eigenvalue weighted by atomic mass is 10.1. The first-order valence-corrected chi connectivity index (χ1v) is 6.29. The van der Waals surface area contributed by atoms with Crippen LogP contribution in [-0.4, -0.2) is 41.3 Å². The standard InChI is InChI=1S/C13H9F6NO5/c14-12(15,16)10(23)20-8(9(21)22)5-6-1-3-7(4-2-6)25-11(24)13(17,18)19/h1-4,8H,5H2,(H,20,23)(H,21,22)/t8-/m0/s1. The number of hydrogen-bond donors (Lipinski definition) is 2. The van der Waals surface area contributed by atoms with Crippen molar-refractivity contribution in [2.45, 2.75) is 24.8 Å². The molecule has 0 aliphatic rings. The molecule has 0 saturated carbocycles. The molecule has 0 aromatic heterocycles. The number of hydrogen-bond acceptors (Lipinski definition) is 4. The highest BCUT2D eigenvalue weighted by atomic mass is 19.4. The van der Waals surface area contributed by atoms with Gasteiger partial charge >= 0.3 is 30.2 Å². The fourth-order valence-corrected chi connectivity index (χ4v) is 1.53. The van der Waals surface area contributed by atoms with E-state index >= 15 is 0 Å². The number of ether oxygens (including phenoxy) is 1. The highest BCUT2D eigenvalue weighted by Crippen LogP contribution is 2.21. The first kappa shape index (κ1) is 20.3. The average molecular weight is 373 g/mol. The summed E-state index contributed by atoms with van der Waals surface area (Å²) in [4.78, 5) is 32.3. The first-order chi connectivity index (χ1) is 11.3. The third kappa shape index (κ3) is 6.31. The van der Waals surface area contributed by atoms with E-state index in [-0.39, 0.29) is 5.56 Å². The van der Waals surface area contributed by atoms with Crippen LogP contribution in [0.5, 0.6) is 5.75 Å². The highest BCUT2D eigenvalue weighted by Gasteiger charge is 2.42. The predicted octanol–water partition coefficient (Wildman–Crippen LogP) is 1.83. The van der Waals surface area contributed by atoms with Crippen molar-refractivity contribution in [3.63, 3.8) is 0 Å². The summed E-state index contributed by atoms with van der Waals surface area (Å²) in [5, 5.41) is 10.1. The molecule has 0 aliphatic heterocycles. The van der Waals surface area contributed by atoms with E-state index < -0.39 is 48.4 Å². The van der Waals surface area contributed by atoms with Crippen molar-refractivity contribution >= 4 is 17.8 Å². The normalized spacial score (nSPS) is 13.0. The van der Waals surface area contributed by atoms with Crippen molar-refractivity contribution in [2.75, 3.05) is 0 Å². The Morgan fingerprint density at radius 1 is 1.00 bits per heavy atom. The molecule has 0 bridgehead atoms. The van der Waals surface area contributed by atoms with Crippen LogP contribution in [0, 0.1) is 0 Å². The molecule has 138 valence electrons. The number of esters is 1. The van der Waals surface area contributed by atoms with Gasteiger partial charge in [-0.2, -0.15) is 26.3 Å².